The Morgan fingerprint density at radius 1 is 1.03 bits per heavy atom. The number of aromatic amines is 1. The molecule has 0 saturated carbocycles. The van der Waals surface area contributed by atoms with Crippen molar-refractivity contribution in [2.75, 3.05) is 0 Å². The van der Waals surface area contributed by atoms with E-state index in [0.717, 1.165) is 22.4 Å². The van der Waals surface area contributed by atoms with Gasteiger partial charge in [0.2, 0.25) is 5.88 Å². The number of hydrogen-bond donors (Lipinski definition) is 4. The molecule has 1 aliphatic heterocycles. The number of aromatic hydroxyl groups is 1. The lowest BCUT2D eigenvalue weighted by atomic mass is 10.0. The minimum atomic E-state index is -0.530. The zero-order valence-electron chi connectivity index (χ0n) is 18.0. The van der Waals surface area contributed by atoms with Crippen LogP contribution in [0.3, 0.4) is 0 Å². The molecule has 0 bridgehead atoms. The van der Waals surface area contributed by atoms with E-state index in [2.05, 4.69) is 26.1 Å². The second kappa shape index (κ2) is 9.64. The molecule has 1 aliphatic rings. The van der Waals surface area contributed by atoms with Gasteiger partial charge in [0.1, 0.15) is 18.4 Å². The van der Waals surface area contributed by atoms with Crippen LogP contribution in [0.25, 0.3) is 10.9 Å². The molecule has 3 aromatic carbocycles. The Balaban J connectivity index is 1.19. The molecule has 0 radical (unpaired) electrons. The molecule has 0 spiro atoms. The van der Waals surface area contributed by atoms with Gasteiger partial charge in [0, 0.05) is 22.0 Å². The first kappa shape index (κ1) is 22.1. The number of halogens is 1. The Morgan fingerprint density at radius 2 is 1.79 bits per heavy atom. The maximum Gasteiger partial charge on any atom is 0.282 e. The van der Waals surface area contributed by atoms with Crippen LogP contribution in [0, 0.1) is 0 Å². The van der Waals surface area contributed by atoms with Crippen LogP contribution in [0.1, 0.15) is 23.6 Å². The molecule has 8 nitrogen and oxygen atoms in total. The number of nitrogens with one attached hydrogen (secondary N) is 3. The van der Waals surface area contributed by atoms with E-state index in [9.17, 15) is 9.90 Å². The zero-order valence-corrected chi connectivity index (χ0v) is 18.8. The fourth-order valence-corrected chi connectivity index (χ4v) is 4.08. The number of amides is 1. The lowest BCUT2D eigenvalue weighted by molar-refractivity contribution is -0.120. The first-order chi connectivity index (χ1) is 16.6. The Kier molecular flexibility index (Phi) is 6.27. The average Bonchev–Trinajstić information content (AvgIpc) is 3.47. The molecule has 2 atom stereocenters. The first-order valence-corrected chi connectivity index (χ1v) is 11.2. The van der Waals surface area contributed by atoms with Crippen molar-refractivity contribution in [1.82, 2.24) is 15.8 Å². The third kappa shape index (κ3) is 4.65. The smallest absolute Gasteiger partial charge is 0.282 e. The van der Waals surface area contributed by atoms with Crippen LogP contribution in [-0.2, 0) is 11.4 Å². The summed E-state index contributed by atoms with van der Waals surface area (Å²) in [7, 11) is 0. The second-order valence-electron chi connectivity index (χ2n) is 7.98. The van der Waals surface area contributed by atoms with Gasteiger partial charge < -0.3 is 14.8 Å². The van der Waals surface area contributed by atoms with Crippen molar-refractivity contribution < 1.29 is 14.6 Å². The van der Waals surface area contributed by atoms with Gasteiger partial charge in [-0.1, -0.05) is 60.1 Å². The van der Waals surface area contributed by atoms with Crippen molar-refractivity contribution in [3.63, 3.8) is 0 Å². The van der Waals surface area contributed by atoms with Gasteiger partial charge in [-0.2, -0.15) is 0 Å². The summed E-state index contributed by atoms with van der Waals surface area (Å²) in [6.07, 6.45) is 0.511. The first-order valence-electron chi connectivity index (χ1n) is 10.8. The molecule has 34 heavy (non-hydrogen) atoms. The van der Waals surface area contributed by atoms with Crippen molar-refractivity contribution >= 4 is 34.1 Å². The molecule has 1 amide bonds. The van der Waals surface area contributed by atoms with Crippen LogP contribution in [0.5, 0.6) is 11.6 Å². The predicted molar refractivity (Wildman–Crippen MR) is 129 cm³/mol. The summed E-state index contributed by atoms with van der Waals surface area (Å²) in [6.45, 7) is 0.385. The van der Waals surface area contributed by atoms with Gasteiger partial charge in [0.15, 0.2) is 5.69 Å². The van der Waals surface area contributed by atoms with Gasteiger partial charge in [-0.15, -0.1) is 10.2 Å². The number of ether oxygens (including phenoxy) is 1. The van der Waals surface area contributed by atoms with E-state index in [4.69, 9.17) is 16.3 Å². The van der Waals surface area contributed by atoms with Crippen molar-refractivity contribution in [3.05, 3.63) is 88.9 Å². The number of carbonyl (C=O) groups is 1. The Hall–Kier alpha value is -3.72. The van der Waals surface area contributed by atoms with E-state index in [0.29, 0.717) is 23.4 Å². The van der Waals surface area contributed by atoms with Crippen LogP contribution >= 0.6 is 11.6 Å². The molecule has 9 heteroatoms. The van der Waals surface area contributed by atoms with E-state index < -0.39 is 11.9 Å². The minimum absolute atomic E-state index is 0.0664. The van der Waals surface area contributed by atoms with E-state index >= 15 is 0 Å². The highest BCUT2D eigenvalue weighted by molar-refractivity contribution is 6.31. The highest BCUT2D eigenvalue weighted by Crippen LogP contribution is 2.35. The predicted octanol–water partition coefficient (Wildman–Crippen LogP) is 5.32. The maximum absolute atomic E-state index is 12.6. The lowest BCUT2D eigenvalue weighted by Gasteiger charge is -2.12. The van der Waals surface area contributed by atoms with Gasteiger partial charge in [-0.05, 0) is 36.2 Å². The fourth-order valence-electron chi connectivity index (χ4n) is 3.89. The SMILES string of the molecule is O=C(N=Nc1c(O)[nH]c2ccccc12)C1CC(c2ccc(OCc3ccccc3Cl)cc2)NN1. The maximum atomic E-state index is 12.6. The summed E-state index contributed by atoms with van der Waals surface area (Å²) < 4.78 is 5.83. The Morgan fingerprint density at radius 3 is 2.62 bits per heavy atom. The van der Waals surface area contributed by atoms with Crippen molar-refractivity contribution in [3.8, 4) is 11.6 Å². The topological polar surface area (TPSA) is 111 Å². The van der Waals surface area contributed by atoms with Gasteiger partial charge in [-0.25, -0.2) is 10.9 Å². The summed E-state index contributed by atoms with van der Waals surface area (Å²) in [5, 5.41) is 19.3. The molecule has 172 valence electrons. The van der Waals surface area contributed by atoms with E-state index in [-0.39, 0.29) is 17.6 Å². The second-order valence-corrected chi connectivity index (χ2v) is 8.39. The third-order valence-electron chi connectivity index (χ3n) is 5.74. The highest BCUT2D eigenvalue weighted by Gasteiger charge is 2.30. The third-order valence-corrected chi connectivity index (χ3v) is 6.11. The molecule has 1 saturated heterocycles. The summed E-state index contributed by atoms with van der Waals surface area (Å²) in [5.41, 5.74) is 9.03. The average molecular weight is 476 g/mol. The number of benzene rings is 3. The van der Waals surface area contributed by atoms with Crippen LogP contribution < -0.4 is 15.6 Å². The standard InChI is InChI=1S/C25H22ClN5O3/c26-19-7-3-1-5-16(19)14-34-17-11-9-15(10-12-17)21-13-22(29-28-21)24(32)31-30-23-18-6-2-4-8-20(18)27-25(23)33/h1-12,21-22,27-29,33H,13-14H2. The summed E-state index contributed by atoms with van der Waals surface area (Å²) >= 11 is 6.17. The number of aromatic nitrogens is 1. The summed E-state index contributed by atoms with van der Waals surface area (Å²) in [4.78, 5) is 15.4. The molecular formula is C25H22ClN5O3. The van der Waals surface area contributed by atoms with Crippen molar-refractivity contribution in [1.29, 1.82) is 0 Å². The molecule has 4 aromatic rings. The molecule has 2 unspecified atom stereocenters. The van der Waals surface area contributed by atoms with Crippen molar-refractivity contribution in [2.45, 2.75) is 25.1 Å². The molecule has 5 rings (SSSR count). The molecule has 2 heterocycles. The number of carbonyl (C=O) groups excluding carboxylic acids is 1. The monoisotopic (exact) mass is 475 g/mol. The van der Waals surface area contributed by atoms with Crippen LogP contribution in [0.2, 0.25) is 5.02 Å². The number of hydrogen-bond acceptors (Lipinski definition) is 6. The van der Waals surface area contributed by atoms with Crippen LogP contribution in [-0.4, -0.2) is 22.0 Å². The molecular weight excluding hydrogens is 454 g/mol. The largest absolute Gasteiger partial charge is 0.493 e. The van der Waals surface area contributed by atoms with Crippen LogP contribution in [0.4, 0.5) is 5.69 Å². The zero-order chi connectivity index (χ0) is 23.5. The highest BCUT2D eigenvalue weighted by atomic mass is 35.5. The fraction of sp³-hybridized carbons (Fsp3) is 0.160. The van der Waals surface area contributed by atoms with Gasteiger partial charge >= 0.3 is 0 Å². The number of para-hydroxylation sites is 1. The quantitative estimate of drug-likeness (QED) is 0.282. The summed E-state index contributed by atoms with van der Waals surface area (Å²) in [5.74, 6) is 0.193. The van der Waals surface area contributed by atoms with E-state index in [1.807, 2.05) is 66.7 Å². The number of H-pyrrole nitrogens is 1. The molecule has 0 aliphatic carbocycles. The van der Waals surface area contributed by atoms with Crippen LogP contribution in [0.15, 0.2) is 83.0 Å². The van der Waals surface area contributed by atoms with Gasteiger partial charge in [0.25, 0.3) is 5.91 Å². The van der Waals surface area contributed by atoms with Crippen molar-refractivity contribution in [2.24, 2.45) is 10.2 Å². The number of nitrogens with zero attached hydrogens (tertiary/aromatic N) is 2. The normalized spacial score (nSPS) is 18.0. The molecule has 1 aromatic heterocycles. The van der Waals surface area contributed by atoms with Gasteiger partial charge in [0.05, 0.1) is 5.52 Å². The summed E-state index contributed by atoms with van der Waals surface area (Å²) in [6, 6.07) is 22.0. The van der Waals surface area contributed by atoms with E-state index in [1.165, 1.54) is 0 Å². The lowest BCUT2D eigenvalue weighted by Crippen LogP contribution is -2.35. The number of rotatable bonds is 6. The number of fused-ring (bicyclic) bond motifs is 1. The van der Waals surface area contributed by atoms with E-state index in [1.54, 1.807) is 6.07 Å². The Bertz CT molecular complexity index is 1350. The minimum Gasteiger partial charge on any atom is -0.493 e. The molecule has 1 fully saturated rings. The number of azo groups is 1. The molecule has 4 N–H and O–H groups in total. The number of hydrazine groups is 1. The van der Waals surface area contributed by atoms with Gasteiger partial charge in [-0.3, -0.25) is 4.79 Å². The Labute approximate surface area is 200 Å².